The molecule has 4 rings (SSSR count). The van der Waals surface area contributed by atoms with Crippen LogP contribution in [0.1, 0.15) is 19.0 Å². The highest BCUT2D eigenvalue weighted by molar-refractivity contribution is 14.1. The molecule has 1 N–H and O–H groups in total. The van der Waals surface area contributed by atoms with Crippen molar-refractivity contribution < 1.29 is 0 Å². The number of aryl methyl sites for hydroxylation is 1. The predicted molar refractivity (Wildman–Crippen MR) is 113 cm³/mol. The van der Waals surface area contributed by atoms with Crippen LogP contribution >= 0.6 is 33.9 Å². The molecular formula is C19H17IN4S. The van der Waals surface area contributed by atoms with Gasteiger partial charge in [-0.3, -0.25) is 4.40 Å². The fourth-order valence-corrected chi connectivity index (χ4v) is 3.90. The number of rotatable bonds is 5. The first kappa shape index (κ1) is 16.5. The Kier molecular flexibility index (Phi) is 4.72. The average molecular weight is 460 g/mol. The third-order valence-corrected chi connectivity index (χ3v) is 5.41. The molecule has 0 spiro atoms. The minimum atomic E-state index is 0.893. The van der Waals surface area contributed by atoms with E-state index in [1.54, 1.807) is 11.3 Å². The zero-order valence-corrected chi connectivity index (χ0v) is 16.7. The van der Waals surface area contributed by atoms with Crippen LogP contribution in [0.25, 0.3) is 17.0 Å². The fraction of sp³-hybridized carbons (Fsp3) is 0.158. The zero-order chi connectivity index (χ0) is 17.2. The lowest BCUT2D eigenvalue weighted by Gasteiger charge is -2.03. The van der Waals surface area contributed by atoms with Crippen molar-refractivity contribution in [2.45, 2.75) is 19.8 Å². The van der Waals surface area contributed by atoms with Gasteiger partial charge in [-0.05, 0) is 65.4 Å². The first-order chi connectivity index (χ1) is 12.2. The van der Waals surface area contributed by atoms with Crippen molar-refractivity contribution in [1.82, 2.24) is 14.4 Å². The highest BCUT2D eigenvalue weighted by Crippen LogP contribution is 2.30. The molecule has 4 aromatic rings. The van der Waals surface area contributed by atoms with Crippen molar-refractivity contribution in [3.05, 3.63) is 63.3 Å². The topological polar surface area (TPSA) is 42.2 Å². The molecule has 0 aliphatic heterocycles. The summed E-state index contributed by atoms with van der Waals surface area (Å²) in [5, 5.41) is 6.38. The van der Waals surface area contributed by atoms with E-state index in [0.29, 0.717) is 0 Å². The Morgan fingerprint density at radius 1 is 1.12 bits per heavy atom. The summed E-state index contributed by atoms with van der Waals surface area (Å²) in [6.45, 7) is 2.18. The van der Waals surface area contributed by atoms with Crippen LogP contribution in [0.5, 0.6) is 0 Å². The molecule has 0 radical (unpaired) electrons. The molecule has 3 aromatic heterocycles. The van der Waals surface area contributed by atoms with Crippen LogP contribution in [0.4, 0.5) is 10.8 Å². The summed E-state index contributed by atoms with van der Waals surface area (Å²) >= 11 is 3.92. The molecule has 1 aromatic carbocycles. The van der Waals surface area contributed by atoms with Crippen molar-refractivity contribution in [3.63, 3.8) is 0 Å². The Morgan fingerprint density at radius 2 is 1.96 bits per heavy atom. The second kappa shape index (κ2) is 7.13. The highest BCUT2D eigenvalue weighted by Gasteiger charge is 2.16. The van der Waals surface area contributed by atoms with Crippen LogP contribution in [-0.4, -0.2) is 14.4 Å². The third-order valence-electron chi connectivity index (χ3n) is 3.93. The van der Waals surface area contributed by atoms with E-state index in [9.17, 15) is 0 Å². The molecule has 0 fully saturated rings. The number of hydrogen-bond acceptors (Lipinski definition) is 4. The Hall–Kier alpha value is -1.93. The Labute approximate surface area is 164 Å². The van der Waals surface area contributed by atoms with Crippen molar-refractivity contribution in [1.29, 1.82) is 0 Å². The van der Waals surface area contributed by atoms with Crippen LogP contribution in [0.2, 0.25) is 0 Å². The minimum Gasteiger partial charge on any atom is -0.332 e. The summed E-state index contributed by atoms with van der Waals surface area (Å²) in [6.07, 6.45) is 4.08. The number of fused-ring (bicyclic) bond motifs is 1. The lowest BCUT2D eigenvalue weighted by molar-refractivity contribution is 0.895. The van der Waals surface area contributed by atoms with E-state index in [2.05, 4.69) is 75.1 Å². The van der Waals surface area contributed by atoms with Crippen molar-refractivity contribution in [3.8, 4) is 11.4 Å². The Bertz CT molecular complexity index is 1000. The number of nitrogens with zero attached hydrogens (tertiary/aromatic N) is 3. The third kappa shape index (κ3) is 3.41. The highest BCUT2D eigenvalue weighted by atomic mass is 127. The van der Waals surface area contributed by atoms with Gasteiger partial charge in [0, 0.05) is 20.8 Å². The van der Waals surface area contributed by atoms with Crippen molar-refractivity contribution in [2.24, 2.45) is 0 Å². The van der Waals surface area contributed by atoms with E-state index in [1.807, 2.05) is 18.2 Å². The number of anilines is 2. The summed E-state index contributed by atoms with van der Waals surface area (Å²) in [4.78, 5) is 9.60. The molecule has 6 heteroatoms. The SMILES string of the molecule is CCCc1nc2ccccn2c1-c1csc(Nc2ccc(I)cc2)n1. The molecule has 0 aliphatic rings. The number of nitrogens with one attached hydrogen (secondary N) is 1. The molecular weight excluding hydrogens is 443 g/mol. The number of imidazole rings is 1. The monoisotopic (exact) mass is 460 g/mol. The van der Waals surface area contributed by atoms with Gasteiger partial charge in [-0.1, -0.05) is 19.4 Å². The molecule has 0 aliphatic carbocycles. The first-order valence-electron chi connectivity index (χ1n) is 8.19. The largest absolute Gasteiger partial charge is 0.332 e. The van der Waals surface area contributed by atoms with E-state index in [1.165, 1.54) is 3.57 Å². The van der Waals surface area contributed by atoms with Gasteiger partial charge in [-0.15, -0.1) is 11.3 Å². The summed E-state index contributed by atoms with van der Waals surface area (Å²) in [5.74, 6) is 0. The van der Waals surface area contributed by atoms with Crippen LogP contribution < -0.4 is 5.32 Å². The molecule has 0 unspecified atom stereocenters. The maximum Gasteiger partial charge on any atom is 0.187 e. The second-order valence-electron chi connectivity index (χ2n) is 5.76. The maximum absolute atomic E-state index is 4.81. The van der Waals surface area contributed by atoms with Gasteiger partial charge in [0.2, 0.25) is 0 Å². The van der Waals surface area contributed by atoms with Gasteiger partial charge in [-0.25, -0.2) is 9.97 Å². The normalized spacial score (nSPS) is 11.1. The zero-order valence-electron chi connectivity index (χ0n) is 13.7. The van der Waals surface area contributed by atoms with Crippen LogP contribution in [0, 0.1) is 3.57 Å². The van der Waals surface area contributed by atoms with Gasteiger partial charge in [0.1, 0.15) is 11.3 Å². The van der Waals surface area contributed by atoms with E-state index in [4.69, 9.17) is 9.97 Å². The van der Waals surface area contributed by atoms with Gasteiger partial charge in [0.05, 0.1) is 11.4 Å². The summed E-state index contributed by atoms with van der Waals surface area (Å²) < 4.78 is 3.35. The lowest BCUT2D eigenvalue weighted by atomic mass is 10.2. The Morgan fingerprint density at radius 3 is 2.76 bits per heavy atom. The maximum atomic E-state index is 4.81. The molecule has 0 bridgehead atoms. The molecule has 0 saturated carbocycles. The lowest BCUT2D eigenvalue weighted by Crippen LogP contribution is -1.93. The van der Waals surface area contributed by atoms with Crippen molar-refractivity contribution in [2.75, 3.05) is 5.32 Å². The fourth-order valence-electron chi connectivity index (χ4n) is 2.82. The first-order valence-corrected chi connectivity index (χ1v) is 10.1. The van der Waals surface area contributed by atoms with Gasteiger partial charge < -0.3 is 5.32 Å². The van der Waals surface area contributed by atoms with E-state index < -0.39 is 0 Å². The molecule has 126 valence electrons. The number of aromatic nitrogens is 3. The standard InChI is InChI=1S/C19H17IN4S/c1-2-5-15-18(24-11-4-3-6-17(24)22-15)16-12-25-19(23-16)21-14-9-7-13(20)8-10-14/h3-4,6-12H,2,5H2,1H3,(H,21,23). The number of benzene rings is 1. The van der Waals surface area contributed by atoms with Crippen LogP contribution in [0.15, 0.2) is 54.0 Å². The van der Waals surface area contributed by atoms with E-state index >= 15 is 0 Å². The van der Waals surface area contributed by atoms with E-state index in [-0.39, 0.29) is 0 Å². The van der Waals surface area contributed by atoms with Gasteiger partial charge in [0.15, 0.2) is 5.13 Å². The quantitative estimate of drug-likeness (QED) is 0.385. The second-order valence-corrected chi connectivity index (χ2v) is 7.86. The van der Waals surface area contributed by atoms with Crippen molar-refractivity contribution >= 4 is 50.4 Å². The number of hydrogen-bond donors (Lipinski definition) is 1. The molecule has 0 amide bonds. The number of thiazole rings is 1. The summed E-state index contributed by atoms with van der Waals surface area (Å²) in [6, 6.07) is 14.4. The average Bonchev–Trinajstić information content (AvgIpc) is 3.21. The molecule has 0 saturated heterocycles. The van der Waals surface area contributed by atoms with Crippen LogP contribution in [0.3, 0.4) is 0 Å². The van der Waals surface area contributed by atoms with Gasteiger partial charge >= 0.3 is 0 Å². The minimum absolute atomic E-state index is 0.893. The number of halogens is 1. The summed E-state index contributed by atoms with van der Waals surface area (Å²) in [7, 11) is 0. The Balaban J connectivity index is 1.71. The van der Waals surface area contributed by atoms with Gasteiger partial charge in [-0.2, -0.15) is 0 Å². The molecule has 0 atom stereocenters. The van der Waals surface area contributed by atoms with Gasteiger partial charge in [0.25, 0.3) is 0 Å². The van der Waals surface area contributed by atoms with E-state index in [0.717, 1.165) is 46.4 Å². The molecule has 25 heavy (non-hydrogen) atoms. The summed E-state index contributed by atoms with van der Waals surface area (Å²) in [5.41, 5.74) is 5.21. The molecule has 3 heterocycles. The predicted octanol–water partition coefficient (Wildman–Crippen LogP) is 5.76. The smallest absolute Gasteiger partial charge is 0.187 e. The molecule has 4 nitrogen and oxygen atoms in total. The van der Waals surface area contributed by atoms with Crippen LogP contribution in [-0.2, 0) is 6.42 Å². The number of pyridine rings is 1.